The average molecular weight is 276 g/mol. The van der Waals surface area contributed by atoms with E-state index in [4.69, 9.17) is 4.74 Å². The van der Waals surface area contributed by atoms with E-state index in [0.29, 0.717) is 23.0 Å². The predicted molar refractivity (Wildman–Crippen MR) is 74.6 cm³/mol. The third-order valence-electron chi connectivity index (χ3n) is 2.80. The SMILES string of the molecule is CCCn1cc(Oc2cnc(C(C)C)nc2CO)cn1. The van der Waals surface area contributed by atoms with Crippen LogP contribution < -0.4 is 4.74 Å². The van der Waals surface area contributed by atoms with Gasteiger partial charge in [0.05, 0.1) is 25.2 Å². The van der Waals surface area contributed by atoms with Gasteiger partial charge in [0.25, 0.3) is 0 Å². The summed E-state index contributed by atoms with van der Waals surface area (Å²) in [5.74, 6) is 1.99. The van der Waals surface area contributed by atoms with Crippen LogP contribution in [0.4, 0.5) is 0 Å². The third kappa shape index (κ3) is 3.33. The lowest BCUT2D eigenvalue weighted by molar-refractivity contribution is 0.269. The third-order valence-corrected chi connectivity index (χ3v) is 2.80. The van der Waals surface area contributed by atoms with Gasteiger partial charge in [-0.05, 0) is 6.42 Å². The van der Waals surface area contributed by atoms with Crippen molar-refractivity contribution in [1.82, 2.24) is 19.7 Å². The molecule has 0 saturated carbocycles. The maximum absolute atomic E-state index is 9.40. The number of hydrogen-bond acceptors (Lipinski definition) is 5. The van der Waals surface area contributed by atoms with Crippen LogP contribution in [0.1, 0.15) is 44.6 Å². The quantitative estimate of drug-likeness (QED) is 0.877. The molecule has 0 fully saturated rings. The van der Waals surface area contributed by atoms with Gasteiger partial charge in [-0.1, -0.05) is 20.8 Å². The van der Waals surface area contributed by atoms with Crippen molar-refractivity contribution in [2.45, 2.75) is 46.3 Å². The Morgan fingerprint density at radius 3 is 2.80 bits per heavy atom. The topological polar surface area (TPSA) is 73.1 Å². The fourth-order valence-corrected chi connectivity index (χ4v) is 1.77. The molecule has 20 heavy (non-hydrogen) atoms. The average Bonchev–Trinajstić information content (AvgIpc) is 2.87. The zero-order valence-electron chi connectivity index (χ0n) is 12.1. The van der Waals surface area contributed by atoms with Crippen LogP contribution in [0, 0.1) is 0 Å². The smallest absolute Gasteiger partial charge is 0.169 e. The van der Waals surface area contributed by atoms with E-state index < -0.39 is 0 Å². The van der Waals surface area contributed by atoms with E-state index in [1.165, 1.54) is 0 Å². The van der Waals surface area contributed by atoms with E-state index in [9.17, 15) is 5.11 Å². The first-order chi connectivity index (χ1) is 9.63. The number of aromatic nitrogens is 4. The van der Waals surface area contributed by atoms with Crippen molar-refractivity contribution in [1.29, 1.82) is 0 Å². The van der Waals surface area contributed by atoms with E-state index in [1.54, 1.807) is 12.4 Å². The van der Waals surface area contributed by atoms with E-state index in [0.717, 1.165) is 13.0 Å². The normalized spacial score (nSPS) is 11.1. The van der Waals surface area contributed by atoms with Crippen LogP contribution in [0.25, 0.3) is 0 Å². The molecule has 108 valence electrons. The van der Waals surface area contributed by atoms with Crippen LogP contribution in [0.15, 0.2) is 18.6 Å². The maximum atomic E-state index is 9.40. The summed E-state index contributed by atoms with van der Waals surface area (Å²) < 4.78 is 7.51. The fourth-order valence-electron chi connectivity index (χ4n) is 1.77. The summed E-state index contributed by atoms with van der Waals surface area (Å²) in [6.07, 6.45) is 6.08. The van der Waals surface area contributed by atoms with Crippen molar-refractivity contribution in [3.63, 3.8) is 0 Å². The molecule has 2 aromatic rings. The largest absolute Gasteiger partial charge is 0.450 e. The zero-order valence-corrected chi connectivity index (χ0v) is 12.1. The van der Waals surface area contributed by atoms with Crippen LogP contribution in [-0.2, 0) is 13.2 Å². The Morgan fingerprint density at radius 1 is 1.35 bits per heavy atom. The highest BCUT2D eigenvalue weighted by Gasteiger charge is 2.11. The van der Waals surface area contributed by atoms with Gasteiger partial charge >= 0.3 is 0 Å². The highest BCUT2D eigenvalue weighted by molar-refractivity contribution is 5.30. The first-order valence-electron chi connectivity index (χ1n) is 6.81. The van der Waals surface area contributed by atoms with Crippen LogP contribution >= 0.6 is 0 Å². The minimum atomic E-state index is -0.180. The molecule has 0 atom stereocenters. The van der Waals surface area contributed by atoms with Gasteiger partial charge < -0.3 is 9.84 Å². The first-order valence-corrected chi connectivity index (χ1v) is 6.81. The second kappa shape index (κ2) is 6.47. The molecular formula is C14H20N4O2. The Balaban J connectivity index is 2.19. The van der Waals surface area contributed by atoms with Gasteiger partial charge in [0.2, 0.25) is 0 Å². The van der Waals surface area contributed by atoms with Gasteiger partial charge in [-0.15, -0.1) is 0 Å². The van der Waals surface area contributed by atoms with Gasteiger partial charge in [-0.25, -0.2) is 9.97 Å². The molecule has 0 amide bonds. The van der Waals surface area contributed by atoms with Crippen LogP contribution in [0.5, 0.6) is 11.5 Å². The molecule has 2 heterocycles. The van der Waals surface area contributed by atoms with E-state index in [1.807, 2.05) is 24.7 Å². The molecule has 0 spiro atoms. The minimum absolute atomic E-state index is 0.180. The van der Waals surface area contributed by atoms with Gasteiger partial charge in [0.15, 0.2) is 11.5 Å². The highest BCUT2D eigenvalue weighted by atomic mass is 16.5. The number of aryl methyl sites for hydroxylation is 1. The van der Waals surface area contributed by atoms with Gasteiger partial charge in [-0.3, -0.25) is 4.68 Å². The minimum Gasteiger partial charge on any atom is -0.450 e. The summed E-state index contributed by atoms with van der Waals surface area (Å²) >= 11 is 0. The van der Waals surface area contributed by atoms with Crippen molar-refractivity contribution in [3.8, 4) is 11.5 Å². The lowest BCUT2D eigenvalue weighted by atomic mass is 10.2. The molecule has 0 bridgehead atoms. The Morgan fingerprint density at radius 2 is 2.15 bits per heavy atom. The van der Waals surface area contributed by atoms with Crippen molar-refractivity contribution >= 4 is 0 Å². The summed E-state index contributed by atoms with van der Waals surface area (Å²) in [7, 11) is 0. The van der Waals surface area contributed by atoms with Gasteiger partial charge in [0.1, 0.15) is 11.5 Å². The Bertz CT molecular complexity index is 566. The summed E-state index contributed by atoms with van der Waals surface area (Å²) in [4.78, 5) is 8.57. The summed E-state index contributed by atoms with van der Waals surface area (Å²) in [5, 5.41) is 13.6. The lowest BCUT2D eigenvalue weighted by Crippen LogP contribution is -2.03. The standard InChI is InChI=1S/C14H20N4O2/c1-4-5-18-8-11(6-16-18)20-13-7-15-14(10(2)3)17-12(13)9-19/h6-8,10,19H,4-5,9H2,1-3H3. The van der Waals surface area contributed by atoms with E-state index in [2.05, 4.69) is 22.0 Å². The molecule has 0 aromatic carbocycles. The number of rotatable bonds is 6. The van der Waals surface area contributed by atoms with Crippen molar-refractivity contribution in [2.24, 2.45) is 0 Å². The van der Waals surface area contributed by atoms with Gasteiger partial charge in [0, 0.05) is 12.5 Å². The summed E-state index contributed by atoms with van der Waals surface area (Å²) in [6.45, 7) is 6.77. The molecule has 6 heteroatoms. The van der Waals surface area contributed by atoms with Crippen LogP contribution in [0.2, 0.25) is 0 Å². The molecule has 0 aliphatic carbocycles. The number of aliphatic hydroxyl groups excluding tert-OH is 1. The van der Waals surface area contributed by atoms with Crippen molar-refractivity contribution < 1.29 is 9.84 Å². The Labute approximate surface area is 118 Å². The molecule has 0 aliphatic heterocycles. The van der Waals surface area contributed by atoms with E-state index >= 15 is 0 Å². The molecule has 2 rings (SSSR count). The summed E-state index contributed by atoms with van der Waals surface area (Å²) in [6, 6.07) is 0. The molecule has 1 N–H and O–H groups in total. The summed E-state index contributed by atoms with van der Waals surface area (Å²) in [5.41, 5.74) is 0.493. The van der Waals surface area contributed by atoms with Crippen LogP contribution in [0.3, 0.4) is 0 Å². The van der Waals surface area contributed by atoms with Crippen molar-refractivity contribution in [3.05, 3.63) is 30.1 Å². The number of aliphatic hydroxyl groups is 1. The molecule has 2 aromatic heterocycles. The Hall–Kier alpha value is -1.95. The molecule has 6 nitrogen and oxygen atoms in total. The maximum Gasteiger partial charge on any atom is 0.169 e. The number of nitrogens with zero attached hydrogens (tertiary/aromatic N) is 4. The predicted octanol–water partition coefficient (Wildman–Crippen LogP) is 2.49. The molecule has 0 aliphatic rings. The molecule has 0 unspecified atom stereocenters. The molecular weight excluding hydrogens is 256 g/mol. The monoisotopic (exact) mass is 276 g/mol. The second-order valence-corrected chi connectivity index (χ2v) is 4.89. The Kier molecular flexibility index (Phi) is 4.68. The second-order valence-electron chi connectivity index (χ2n) is 4.89. The van der Waals surface area contributed by atoms with Gasteiger partial charge in [-0.2, -0.15) is 5.10 Å². The number of hydrogen-bond donors (Lipinski definition) is 1. The first kappa shape index (κ1) is 14.5. The zero-order chi connectivity index (χ0) is 14.5. The van der Waals surface area contributed by atoms with Crippen molar-refractivity contribution in [2.75, 3.05) is 0 Å². The van der Waals surface area contributed by atoms with E-state index in [-0.39, 0.29) is 12.5 Å². The molecule has 0 saturated heterocycles. The number of ether oxygens (including phenoxy) is 1. The van der Waals surface area contributed by atoms with Crippen LogP contribution in [-0.4, -0.2) is 24.9 Å². The lowest BCUT2D eigenvalue weighted by Gasteiger charge is -2.10. The fraction of sp³-hybridized carbons (Fsp3) is 0.500. The highest BCUT2D eigenvalue weighted by Crippen LogP contribution is 2.24. The molecule has 0 radical (unpaired) electrons.